The van der Waals surface area contributed by atoms with Crippen LogP contribution in [0.25, 0.3) is 0 Å². The summed E-state index contributed by atoms with van der Waals surface area (Å²) in [6.45, 7) is 11.0. The first kappa shape index (κ1) is 22.5. The Morgan fingerprint density at radius 3 is 2.40 bits per heavy atom. The Hall–Kier alpha value is -2.22. The Bertz CT molecular complexity index is 849. The first-order chi connectivity index (χ1) is 14.2. The lowest BCUT2D eigenvalue weighted by Gasteiger charge is -2.39. The maximum atomic E-state index is 12.7. The molecule has 1 aliphatic rings. The zero-order valence-corrected chi connectivity index (χ0v) is 19.4. The van der Waals surface area contributed by atoms with Crippen LogP contribution in [0.15, 0.2) is 29.4 Å². The third-order valence-corrected chi connectivity index (χ3v) is 6.56. The van der Waals surface area contributed by atoms with E-state index in [2.05, 4.69) is 56.9 Å². The van der Waals surface area contributed by atoms with Crippen molar-refractivity contribution in [2.75, 3.05) is 11.6 Å². The predicted octanol–water partition coefficient (Wildman–Crippen LogP) is 3.75. The van der Waals surface area contributed by atoms with Gasteiger partial charge in [-0.1, -0.05) is 44.7 Å². The van der Waals surface area contributed by atoms with Gasteiger partial charge in [-0.05, 0) is 56.2 Å². The van der Waals surface area contributed by atoms with Gasteiger partial charge in [-0.15, -0.1) is 10.2 Å². The molecule has 1 aromatic heterocycles. The number of rotatable bonds is 6. The van der Waals surface area contributed by atoms with Gasteiger partial charge in [0.2, 0.25) is 11.1 Å². The minimum atomic E-state index is 0.101. The van der Waals surface area contributed by atoms with Crippen LogP contribution in [-0.4, -0.2) is 43.5 Å². The zero-order chi connectivity index (χ0) is 21.9. The Balaban J connectivity index is 1.55. The molecule has 2 atom stereocenters. The van der Waals surface area contributed by atoms with Crippen LogP contribution in [0.5, 0.6) is 5.75 Å². The summed E-state index contributed by atoms with van der Waals surface area (Å²) in [5.74, 6) is 7.83. The van der Waals surface area contributed by atoms with E-state index in [1.165, 1.54) is 28.4 Å². The molecule has 164 valence electrons. The number of carbonyl (C=O) groups excluding carboxylic acids is 1. The molecule has 7 nitrogen and oxygen atoms in total. The highest BCUT2D eigenvalue weighted by atomic mass is 32.2. The normalized spacial score (nSPS) is 19.7. The van der Waals surface area contributed by atoms with E-state index in [9.17, 15) is 4.79 Å². The molecular weight excluding hydrogens is 398 g/mol. The van der Waals surface area contributed by atoms with Gasteiger partial charge in [-0.2, -0.15) is 0 Å². The molecule has 1 aliphatic heterocycles. The Morgan fingerprint density at radius 2 is 1.80 bits per heavy atom. The second kappa shape index (κ2) is 9.29. The van der Waals surface area contributed by atoms with Gasteiger partial charge in [0.25, 0.3) is 0 Å². The minimum absolute atomic E-state index is 0.101. The van der Waals surface area contributed by atoms with Crippen LogP contribution in [0.4, 0.5) is 0 Å². The van der Waals surface area contributed by atoms with Crippen LogP contribution in [0.3, 0.4) is 0 Å². The third-order valence-electron chi connectivity index (χ3n) is 5.63. The molecule has 1 fully saturated rings. The number of amides is 1. The van der Waals surface area contributed by atoms with Crippen LogP contribution in [0, 0.1) is 0 Å². The van der Waals surface area contributed by atoms with Crippen molar-refractivity contribution in [3.8, 4) is 5.75 Å². The number of likely N-dealkylation sites (tertiary alicyclic amines) is 1. The summed E-state index contributed by atoms with van der Waals surface area (Å²) >= 11 is 1.32. The van der Waals surface area contributed by atoms with Crippen LogP contribution in [0.2, 0.25) is 0 Å². The number of aromatic nitrogens is 3. The molecule has 0 aliphatic carbocycles. The highest BCUT2D eigenvalue weighted by molar-refractivity contribution is 7.99. The quantitative estimate of drug-likeness (QED) is 0.554. The van der Waals surface area contributed by atoms with E-state index in [1.807, 2.05) is 17.0 Å². The molecule has 0 saturated carbocycles. The van der Waals surface area contributed by atoms with Gasteiger partial charge < -0.3 is 15.5 Å². The van der Waals surface area contributed by atoms with Gasteiger partial charge in [0.15, 0.2) is 5.82 Å². The number of piperidine rings is 1. The smallest absolute Gasteiger partial charge is 0.233 e. The van der Waals surface area contributed by atoms with E-state index in [1.54, 1.807) is 0 Å². The number of nitrogens with zero attached hydrogens (tertiary/aromatic N) is 4. The van der Waals surface area contributed by atoms with Gasteiger partial charge in [-0.3, -0.25) is 4.79 Å². The van der Waals surface area contributed by atoms with Crippen molar-refractivity contribution in [1.29, 1.82) is 0 Å². The number of ether oxygens (including phenoxy) is 1. The molecule has 2 N–H and O–H groups in total. The fraction of sp³-hybridized carbons (Fsp3) is 0.591. The van der Waals surface area contributed by atoms with Gasteiger partial charge in [0.1, 0.15) is 12.4 Å². The predicted molar refractivity (Wildman–Crippen MR) is 120 cm³/mol. The molecule has 0 spiro atoms. The minimum Gasteiger partial charge on any atom is -0.486 e. The van der Waals surface area contributed by atoms with Gasteiger partial charge in [0, 0.05) is 12.1 Å². The highest BCUT2D eigenvalue weighted by Crippen LogP contribution is 2.26. The summed E-state index contributed by atoms with van der Waals surface area (Å²) in [6.07, 6.45) is 3.30. The third kappa shape index (κ3) is 5.28. The largest absolute Gasteiger partial charge is 0.486 e. The maximum Gasteiger partial charge on any atom is 0.233 e. The van der Waals surface area contributed by atoms with Crippen LogP contribution in [0.1, 0.15) is 65.3 Å². The lowest BCUT2D eigenvalue weighted by molar-refractivity contribution is -0.134. The maximum absolute atomic E-state index is 12.7. The molecule has 2 heterocycles. The molecule has 2 aromatic rings. The molecule has 30 heavy (non-hydrogen) atoms. The van der Waals surface area contributed by atoms with E-state index in [4.69, 9.17) is 10.6 Å². The Morgan fingerprint density at radius 1 is 1.17 bits per heavy atom. The van der Waals surface area contributed by atoms with Crippen molar-refractivity contribution in [3.63, 3.8) is 0 Å². The number of thioether (sulfide) groups is 1. The first-order valence-corrected chi connectivity index (χ1v) is 11.5. The zero-order valence-electron chi connectivity index (χ0n) is 18.6. The van der Waals surface area contributed by atoms with Crippen molar-refractivity contribution in [2.24, 2.45) is 0 Å². The van der Waals surface area contributed by atoms with Gasteiger partial charge in [0.05, 0.1) is 5.75 Å². The van der Waals surface area contributed by atoms with Crippen LogP contribution in [-0.2, 0) is 16.8 Å². The van der Waals surface area contributed by atoms with Crippen LogP contribution >= 0.6 is 11.8 Å². The van der Waals surface area contributed by atoms with E-state index in [0.717, 1.165) is 18.6 Å². The van der Waals surface area contributed by atoms with E-state index >= 15 is 0 Å². The monoisotopic (exact) mass is 431 g/mol. The molecule has 1 aromatic carbocycles. The number of carbonyl (C=O) groups is 1. The first-order valence-electron chi connectivity index (χ1n) is 10.5. The number of nitrogen functional groups attached to an aromatic ring is 1. The van der Waals surface area contributed by atoms with Gasteiger partial charge >= 0.3 is 0 Å². The molecule has 0 bridgehead atoms. The topological polar surface area (TPSA) is 86.3 Å². The van der Waals surface area contributed by atoms with Crippen molar-refractivity contribution < 1.29 is 9.53 Å². The lowest BCUT2D eigenvalue weighted by Crippen LogP contribution is -2.48. The summed E-state index contributed by atoms with van der Waals surface area (Å²) < 4.78 is 7.22. The molecule has 1 saturated heterocycles. The molecule has 1 amide bonds. The van der Waals surface area contributed by atoms with Crippen LogP contribution < -0.4 is 10.6 Å². The molecular formula is C22H33N5O2S. The van der Waals surface area contributed by atoms with Crippen molar-refractivity contribution >= 4 is 17.7 Å². The number of nitrogens with two attached hydrogens (primary N) is 1. The number of hydrogen-bond acceptors (Lipinski definition) is 6. The lowest BCUT2D eigenvalue weighted by atomic mass is 9.87. The Labute approximate surface area is 183 Å². The summed E-state index contributed by atoms with van der Waals surface area (Å²) in [4.78, 5) is 14.7. The van der Waals surface area contributed by atoms with Gasteiger partial charge in [-0.25, -0.2) is 4.68 Å². The summed E-state index contributed by atoms with van der Waals surface area (Å²) in [6, 6.07) is 8.60. The molecule has 0 radical (unpaired) electrons. The standard InChI is InChI=1S/C22H33N5O2S/c1-15-7-6-8-16(2)26(15)20(28)14-30-21-25-24-19(27(21)23)13-29-18-11-9-17(10-12-18)22(3,4)5/h9-12,15-16H,6-8,13-14,23H2,1-5H3. The number of hydrogen-bond donors (Lipinski definition) is 1. The number of benzene rings is 1. The fourth-order valence-electron chi connectivity index (χ4n) is 3.82. The molecule has 8 heteroatoms. The van der Waals surface area contributed by atoms with E-state index in [0.29, 0.717) is 16.7 Å². The average molecular weight is 432 g/mol. The fourth-order valence-corrected chi connectivity index (χ4v) is 4.56. The second-order valence-corrected chi connectivity index (χ2v) is 9.99. The van der Waals surface area contributed by atoms with Crippen molar-refractivity contribution in [2.45, 2.75) is 83.1 Å². The second-order valence-electron chi connectivity index (χ2n) is 9.05. The SMILES string of the molecule is CC1CCCC(C)N1C(=O)CSc1nnc(COc2ccc(C(C)(C)C)cc2)n1N. The summed E-state index contributed by atoms with van der Waals surface area (Å²) in [5.41, 5.74) is 1.35. The van der Waals surface area contributed by atoms with E-state index in [-0.39, 0.29) is 30.0 Å². The molecule has 3 rings (SSSR count). The van der Waals surface area contributed by atoms with Crippen molar-refractivity contribution in [1.82, 2.24) is 19.8 Å². The Kier molecular flexibility index (Phi) is 6.95. The average Bonchev–Trinajstić information content (AvgIpc) is 3.04. The van der Waals surface area contributed by atoms with E-state index < -0.39 is 0 Å². The van der Waals surface area contributed by atoms with Crippen molar-refractivity contribution in [3.05, 3.63) is 35.7 Å². The highest BCUT2D eigenvalue weighted by Gasteiger charge is 2.29. The summed E-state index contributed by atoms with van der Waals surface area (Å²) in [5, 5.41) is 8.77. The molecule has 2 unspecified atom stereocenters. The summed E-state index contributed by atoms with van der Waals surface area (Å²) in [7, 11) is 0.